The molecule has 1 saturated heterocycles. The number of benzene rings is 4. The number of hydrogen-bond donors (Lipinski definition) is 8. The van der Waals surface area contributed by atoms with Crippen LogP contribution in [0.2, 0.25) is 0 Å². The molecular weight excluding hydrogens is 1360 g/mol. The summed E-state index contributed by atoms with van der Waals surface area (Å²) in [6.45, 7) is 31.5. The summed E-state index contributed by atoms with van der Waals surface area (Å²) in [4.78, 5) is 94.5. The summed E-state index contributed by atoms with van der Waals surface area (Å²) in [6, 6.07) is 3.11. The van der Waals surface area contributed by atoms with Crippen molar-refractivity contribution in [2.75, 3.05) is 57.2 Å². The fraction of sp³-hybridized carbons (Fsp3) is 0.557. The smallest absolute Gasteiger partial charge is 0.312 e. The molecule has 4 aromatic carbocycles. The number of phenols is 2. The molecule has 5 aliphatic heterocycles. The van der Waals surface area contributed by atoms with E-state index in [9.17, 15) is 59.7 Å². The first-order chi connectivity index (χ1) is 49.3. The van der Waals surface area contributed by atoms with Crippen molar-refractivity contribution < 1.29 is 97.2 Å². The van der Waals surface area contributed by atoms with Gasteiger partial charge in [-0.1, -0.05) is 80.5 Å². The average molecular weight is 1460 g/mol. The molecule has 105 heavy (non-hydrogen) atoms. The highest BCUT2D eigenvalue weighted by molar-refractivity contribution is 6.17. The van der Waals surface area contributed by atoms with Gasteiger partial charge in [-0.05, 0) is 70.2 Å². The van der Waals surface area contributed by atoms with E-state index in [-0.39, 0.29) is 90.7 Å². The van der Waals surface area contributed by atoms with Crippen LogP contribution in [-0.4, -0.2) is 177 Å². The largest absolute Gasteiger partial charge is 0.507 e. The highest BCUT2D eigenvalue weighted by atomic mass is 16.7. The fourth-order valence-electron chi connectivity index (χ4n) is 15.0. The van der Waals surface area contributed by atoms with Gasteiger partial charge in [0, 0.05) is 155 Å². The third-order valence-corrected chi connectivity index (χ3v) is 21.8. The number of rotatable bonds is 19. The first kappa shape index (κ1) is 80.5. The zero-order valence-corrected chi connectivity index (χ0v) is 63.5. The Morgan fingerprint density at radius 1 is 0.800 bits per heavy atom. The zero-order valence-electron chi connectivity index (χ0n) is 63.5. The van der Waals surface area contributed by atoms with Crippen LogP contribution in [0.3, 0.4) is 0 Å². The molecule has 1 aromatic heterocycles. The molecule has 572 valence electrons. The molecule has 0 radical (unpaired) electrons. The number of allylic oxidation sites excluding steroid dienone is 2. The van der Waals surface area contributed by atoms with Crippen molar-refractivity contribution in [3.8, 4) is 23.0 Å². The summed E-state index contributed by atoms with van der Waals surface area (Å²) in [5.41, 5.74) is -1.03. The molecular formula is C79H104N4O22. The van der Waals surface area contributed by atoms with E-state index in [0.717, 1.165) is 19.6 Å². The molecule has 0 saturated carbocycles. The second kappa shape index (κ2) is 32.2. The first-order valence-corrected chi connectivity index (χ1v) is 36.0. The molecule has 17 unspecified atom stereocenters. The Morgan fingerprint density at radius 3 is 2.10 bits per heavy atom. The van der Waals surface area contributed by atoms with E-state index in [4.69, 9.17) is 47.3 Å². The maximum Gasteiger partial charge on any atom is 0.312 e. The Kier molecular flexibility index (Phi) is 24.7. The van der Waals surface area contributed by atoms with Crippen LogP contribution >= 0.6 is 0 Å². The molecule has 0 spiro atoms. The van der Waals surface area contributed by atoms with Gasteiger partial charge in [0.25, 0.3) is 11.7 Å². The van der Waals surface area contributed by atoms with Crippen LogP contribution in [0.4, 0.5) is 11.4 Å². The number of aromatic nitrogens is 1. The number of phenolic OH excluding ortho intramolecular Hbond substituents is 2. The monoisotopic (exact) mass is 1460 g/mol. The number of nitrogens with one attached hydrogen (secondary N) is 1. The van der Waals surface area contributed by atoms with Gasteiger partial charge in [-0.25, -0.2) is 4.98 Å². The van der Waals surface area contributed by atoms with Gasteiger partial charge in [0.15, 0.2) is 22.4 Å². The van der Waals surface area contributed by atoms with Gasteiger partial charge < -0.3 is 88.3 Å². The van der Waals surface area contributed by atoms with Crippen LogP contribution in [0.15, 0.2) is 74.6 Å². The highest BCUT2D eigenvalue weighted by Crippen LogP contribution is 2.48. The van der Waals surface area contributed by atoms with Gasteiger partial charge in [0.2, 0.25) is 10.9 Å². The minimum absolute atomic E-state index is 0.00387. The number of carbonyl (C=O) groups excluding carboxylic acids is 4. The van der Waals surface area contributed by atoms with E-state index in [1.807, 2.05) is 0 Å². The summed E-state index contributed by atoms with van der Waals surface area (Å²) >= 11 is 0. The number of fused-ring (bicyclic) bond motifs is 15. The molecule has 8 N–H and O–H groups in total. The maximum atomic E-state index is 15.2. The van der Waals surface area contributed by atoms with E-state index in [2.05, 4.69) is 29.0 Å². The number of aromatic hydroxyl groups is 2. The maximum absolute atomic E-state index is 15.2. The Bertz CT molecular complexity index is 4460. The molecule has 26 heteroatoms. The molecule has 5 aliphatic rings. The summed E-state index contributed by atoms with van der Waals surface area (Å²) in [5.74, 6) is -13.0. The van der Waals surface area contributed by atoms with Crippen molar-refractivity contribution in [2.24, 2.45) is 47.3 Å². The third kappa shape index (κ3) is 15.9. The molecule has 5 aromatic rings. The fourth-order valence-corrected chi connectivity index (χ4v) is 15.0. The highest BCUT2D eigenvalue weighted by Gasteiger charge is 2.50. The van der Waals surface area contributed by atoms with Crippen LogP contribution < -0.4 is 35.8 Å². The molecule has 1 amide bonds. The Hall–Kier alpha value is -8.63. The number of methoxy groups -OCH3 is 2. The molecule has 1 fully saturated rings. The van der Waals surface area contributed by atoms with Gasteiger partial charge in [-0.3, -0.25) is 33.7 Å². The number of hydrogen-bond acceptors (Lipinski definition) is 25. The van der Waals surface area contributed by atoms with Gasteiger partial charge >= 0.3 is 23.5 Å². The molecule has 17 atom stereocenters. The van der Waals surface area contributed by atoms with Crippen LogP contribution in [-0.2, 0) is 49.2 Å². The van der Waals surface area contributed by atoms with Crippen LogP contribution in [0.1, 0.15) is 136 Å². The lowest BCUT2D eigenvalue weighted by molar-refractivity contribution is -0.163. The topological polar surface area (TPSA) is 362 Å². The third-order valence-electron chi connectivity index (χ3n) is 21.8. The predicted molar refractivity (Wildman–Crippen MR) is 394 cm³/mol. The van der Waals surface area contributed by atoms with Crippen molar-refractivity contribution >= 4 is 73.7 Å². The summed E-state index contributed by atoms with van der Waals surface area (Å²) in [5, 5.41) is 84.1. The standard InChI is InChI=1S/C79H104N4O22/c1-36(2)35-82-27-29-83(30-28-82)50-33-52(86)61-55(34-50)102-74-62(80-61)58-59-68(92)47(13)73-60(58)76(95)79(17,105-73)100-32-26-54(98-19)42(8)71(45(11)66(90)43(9)64(88)37(3)21-20-22-38(4)77(96)81-63(74)69(59)93)103-56(87)24-23-51-40(6)57-72(46(12)67(51)91)104-78(16,75(57)94)99-31-25-53(97-18)41(7)70(101-49(15)85)44(10)65(89)39(5)48(14)84/h20-22,25-26,31-34,36-37,39,41-45,48,53-54,64-66,70-71,84,88-92,95H,23-24,27-30,35H2,1-19H3,(H,81,96). The number of aliphatic hydroxyl groups is 5. The van der Waals surface area contributed by atoms with Crippen LogP contribution in [0.25, 0.3) is 38.7 Å². The summed E-state index contributed by atoms with van der Waals surface area (Å²) < 4.78 is 55.4. The van der Waals surface area contributed by atoms with Crippen LogP contribution in [0, 0.1) is 68.1 Å². The minimum Gasteiger partial charge on any atom is -0.507 e. The van der Waals surface area contributed by atoms with E-state index < -0.39 is 159 Å². The number of anilines is 2. The molecule has 26 nitrogen and oxygen atoms in total. The molecule has 6 heterocycles. The van der Waals surface area contributed by atoms with Crippen molar-refractivity contribution in [3.63, 3.8) is 0 Å². The van der Waals surface area contributed by atoms with E-state index in [1.165, 1.54) is 91.7 Å². The second-order valence-corrected chi connectivity index (χ2v) is 29.8. The number of nitrogens with zero attached hydrogens (tertiary/aromatic N) is 3. The number of aliphatic hydroxyl groups excluding tert-OH is 5. The number of ketones is 1. The van der Waals surface area contributed by atoms with E-state index in [0.29, 0.717) is 30.3 Å². The number of carbonyl (C=O) groups is 4. The van der Waals surface area contributed by atoms with Gasteiger partial charge in [0.05, 0.1) is 65.3 Å². The number of ether oxygens (including phenoxy) is 8. The predicted octanol–water partition coefficient (Wildman–Crippen LogP) is 8.69. The van der Waals surface area contributed by atoms with Gasteiger partial charge in [-0.15, -0.1) is 0 Å². The quantitative estimate of drug-likeness (QED) is 0.0166. The summed E-state index contributed by atoms with van der Waals surface area (Å²) in [7, 11) is 2.83. The van der Waals surface area contributed by atoms with Gasteiger partial charge in [-0.2, -0.15) is 0 Å². The lowest BCUT2D eigenvalue weighted by Gasteiger charge is -2.38. The van der Waals surface area contributed by atoms with E-state index in [1.54, 1.807) is 81.4 Å². The summed E-state index contributed by atoms with van der Waals surface area (Å²) in [6.07, 6.45) is 1.13. The number of Topliss-reactive ketones (excluding diaryl/α,β-unsaturated/α-hetero) is 1. The zero-order chi connectivity index (χ0) is 77.5. The molecule has 0 aliphatic carbocycles. The lowest BCUT2D eigenvalue weighted by atomic mass is 9.78. The SMILES string of the molecule is COC(C=COC1(C)Oc2c(C)c(O)c(CCC(=O)OC3C(C)C(OC)C=COC4(C)Oc5c(C)c(O)c6c(=O)c(c7oc8cc(N9CCN(CC(C)C)CC9)cc(=O)c8nc7c6c5=C4O)NC(=O)C(C)=CC=CC(C)C(O)C(C)C(O)C3C)c(C)c2C1=O)C(C)C(OC(C)=O)C(C)C(O)C(C)C(C)O. The van der Waals surface area contributed by atoms with E-state index >= 15 is 4.79 Å². The Labute approximate surface area is 610 Å². The molecule has 5 bridgehead atoms. The van der Waals surface area contributed by atoms with Crippen molar-refractivity contribution in [1.82, 2.24) is 9.88 Å². The van der Waals surface area contributed by atoms with Crippen molar-refractivity contribution in [2.45, 2.75) is 191 Å². The Balaban J connectivity index is 1.03. The number of esters is 2. The average Bonchev–Trinajstić information content (AvgIpc) is 1.62. The Morgan fingerprint density at radius 2 is 1.47 bits per heavy atom. The minimum atomic E-state index is -2.11. The lowest BCUT2D eigenvalue weighted by Crippen LogP contribution is -2.47. The molecule has 10 rings (SSSR count). The van der Waals surface area contributed by atoms with Crippen molar-refractivity contribution in [1.29, 1.82) is 0 Å². The van der Waals surface area contributed by atoms with Crippen molar-refractivity contribution in [3.05, 3.63) is 114 Å². The van der Waals surface area contributed by atoms with Crippen LogP contribution in [0.5, 0.6) is 23.0 Å². The van der Waals surface area contributed by atoms with Gasteiger partial charge in [0.1, 0.15) is 46.4 Å². The number of amides is 1. The normalized spacial score (nSPS) is 26.3. The first-order valence-electron chi connectivity index (χ1n) is 36.0. The second-order valence-electron chi connectivity index (χ2n) is 29.8. The number of piperazine rings is 1.